The molecule has 0 bridgehead atoms. The van der Waals surface area contributed by atoms with Crippen molar-refractivity contribution >= 4 is 29.1 Å². The fourth-order valence-corrected chi connectivity index (χ4v) is 4.12. The first kappa shape index (κ1) is 18.6. The summed E-state index contributed by atoms with van der Waals surface area (Å²) in [6, 6.07) is 8.23. The molecule has 10 heteroatoms. The molecule has 4 aromatic rings. The molecule has 142 valence electrons. The van der Waals surface area contributed by atoms with Gasteiger partial charge in [0.1, 0.15) is 39.7 Å². The van der Waals surface area contributed by atoms with Crippen molar-refractivity contribution in [2.45, 2.75) is 9.92 Å². The summed E-state index contributed by atoms with van der Waals surface area (Å²) in [6.45, 7) is 0. The van der Waals surface area contributed by atoms with Crippen LogP contribution >= 0.6 is 23.4 Å². The van der Waals surface area contributed by atoms with Gasteiger partial charge in [-0.25, -0.2) is 13.2 Å². The Balaban J connectivity index is 2.02. The van der Waals surface area contributed by atoms with Crippen molar-refractivity contribution < 1.29 is 17.9 Å². The van der Waals surface area contributed by atoms with Gasteiger partial charge in [0.25, 0.3) is 5.78 Å². The van der Waals surface area contributed by atoms with Crippen LogP contribution in [-0.2, 0) is 0 Å². The smallest absolute Gasteiger partial charge is 0.254 e. The molecule has 2 aromatic heterocycles. The van der Waals surface area contributed by atoms with E-state index in [1.54, 1.807) is 24.3 Å². The van der Waals surface area contributed by atoms with Crippen molar-refractivity contribution in [3.63, 3.8) is 0 Å². The molecule has 4 rings (SSSR count). The molecular weight excluding hydrogens is 413 g/mol. The summed E-state index contributed by atoms with van der Waals surface area (Å²) in [7, 11) is 1.50. The molecule has 0 atom stereocenters. The van der Waals surface area contributed by atoms with E-state index >= 15 is 0 Å². The average Bonchev–Trinajstić information content (AvgIpc) is 3.11. The van der Waals surface area contributed by atoms with Gasteiger partial charge in [0.05, 0.1) is 23.1 Å². The lowest BCUT2D eigenvalue weighted by Gasteiger charge is -2.15. The van der Waals surface area contributed by atoms with Crippen LogP contribution in [0.1, 0.15) is 0 Å². The Labute approximate surface area is 166 Å². The summed E-state index contributed by atoms with van der Waals surface area (Å²) in [6.07, 6.45) is 1.24. The van der Waals surface area contributed by atoms with Crippen LogP contribution in [0.15, 0.2) is 52.6 Å². The predicted molar refractivity (Wildman–Crippen MR) is 98.2 cm³/mol. The van der Waals surface area contributed by atoms with Crippen LogP contribution in [0, 0.1) is 17.5 Å². The van der Waals surface area contributed by atoms with Gasteiger partial charge in [-0.2, -0.15) is 19.6 Å². The van der Waals surface area contributed by atoms with Crippen molar-refractivity contribution in [3.05, 3.63) is 65.3 Å². The van der Waals surface area contributed by atoms with Crippen LogP contribution < -0.4 is 4.74 Å². The lowest BCUT2D eigenvalue weighted by molar-refractivity contribution is 0.405. The Morgan fingerprint density at radius 2 is 1.79 bits per heavy atom. The molecule has 0 aliphatic rings. The standard InChI is InChI=1S/C18H10ClF3N4OS/c1-27-12-4-2-3-5-13(12)28-17-15(14-10(21)6-9(20)7-11(14)22)16(19)25-18-23-8-24-26(17)18/h2-8H,1H3. The van der Waals surface area contributed by atoms with Gasteiger partial charge in [-0.3, -0.25) is 0 Å². The van der Waals surface area contributed by atoms with Crippen LogP contribution in [0.3, 0.4) is 0 Å². The number of methoxy groups -OCH3 is 1. The van der Waals surface area contributed by atoms with E-state index in [2.05, 4.69) is 15.1 Å². The highest BCUT2D eigenvalue weighted by molar-refractivity contribution is 7.99. The summed E-state index contributed by atoms with van der Waals surface area (Å²) < 4.78 is 49.1. The summed E-state index contributed by atoms with van der Waals surface area (Å²) in [5.74, 6) is -2.57. The van der Waals surface area contributed by atoms with Crippen LogP contribution in [0.5, 0.6) is 5.75 Å². The second-order valence-electron chi connectivity index (χ2n) is 5.55. The third-order valence-electron chi connectivity index (χ3n) is 3.87. The predicted octanol–water partition coefficient (Wildman–Crippen LogP) is 5.02. The van der Waals surface area contributed by atoms with E-state index in [-0.39, 0.29) is 21.5 Å². The quantitative estimate of drug-likeness (QED) is 0.432. The Bertz CT molecular complexity index is 1180. The maximum absolute atomic E-state index is 14.5. The summed E-state index contributed by atoms with van der Waals surface area (Å²) in [5, 5.41) is 4.14. The normalized spacial score (nSPS) is 11.2. The van der Waals surface area contributed by atoms with E-state index in [9.17, 15) is 13.2 Å². The van der Waals surface area contributed by atoms with Gasteiger partial charge in [0.2, 0.25) is 0 Å². The third kappa shape index (κ3) is 3.16. The summed E-state index contributed by atoms with van der Waals surface area (Å²) >= 11 is 7.37. The second-order valence-corrected chi connectivity index (χ2v) is 6.94. The molecule has 0 unspecified atom stereocenters. The number of hydrogen-bond acceptors (Lipinski definition) is 5. The van der Waals surface area contributed by atoms with E-state index in [4.69, 9.17) is 16.3 Å². The molecule has 0 saturated heterocycles. The highest BCUT2D eigenvalue weighted by Gasteiger charge is 2.25. The van der Waals surface area contributed by atoms with Gasteiger partial charge < -0.3 is 4.74 Å². The van der Waals surface area contributed by atoms with Crippen LogP contribution in [0.2, 0.25) is 5.15 Å². The van der Waals surface area contributed by atoms with E-state index in [0.717, 1.165) is 11.8 Å². The van der Waals surface area contributed by atoms with Crippen LogP contribution in [0.25, 0.3) is 16.9 Å². The van der Waals surface area contributed by atoms with E-state index in [0.29, 0.717) is 22.8 Å². The van der Waals surface area contributed by atoms with Crippen molar-refractivity contribution in [2.75, 3.05) is 7.11 Å². The summed E-state index contributed by atoms with van der Waals surface area (Å²) in [4.78, 5) is 8.67. The highest BCUT2D eigenvalue weighted by Crippen LogP contribution is 2.43. The Hall–Kier alpha value is -2.78. The number of para-hydroxylation sites is 1. The van der Waals surface area contributed by atoms with Gasteiger partial charge in [-0.1, -0.05) is 35.5 Å². The van der Waals surface area contributed by atoms with Crippen LogP contribution in [-0.4, -0.2) is 26.7 Å². The van der Waals surface area contributed by atoms with Gasteiger partial charge in [-0.05, 0) is 12.1 Å². The Kier molecular flexibility index (Phi) is 4.86. The second kappa shape index (κ2) is 7.33. The lowest BCUT2D eigenvalue weighted by Crippen LogP contribution is -2.03. The minimum atomic E-state index is -1.11. The Morgan fingerprint density at radius 1 is 1.07 bits per heavy atom. The molecule has 0 spiro atoms. The minimum absolute atomic E-state index is 0.0643. The topological polar surface area (TPSA) is 52.3 Å². The first-order valence-corrected chi connectivity index (χ1v) is 9.04. The van der Waals surface area contributed by atoms with Crippen LogP contribution in [0.4, 0.5) is 13.2 Å². The molecule has 2 heterocycles. The number of aromatic nitrogens is 4. The molecule has 0 saturated carbocycles. The van der Waals surface area contributed by atoms with Gasteiger partial charge in [-0.15, -0.1) is 0 Å². The molecule has 0 radical (unpaired) electrons. The van der Waals surface area contributed by atoms with Crippen molar-refractivity contribution in [3.8, 4) is 16.9 Å². The van der Waals surface area contributed by atoms with Gasteiger partial charge in [0.15, 0.2) is 0 Å². The van der Waals surface area contributed by atoms with E-state index < -0.39 is 23.0 Å². The maximum Gasteiger partial charge on any atom is 0.254 e. The number of rotatable bonds is 4. The zero-order chi connectivity index (χ0) is 19.8. The van der Waals surface area contributed by atoms with Gasteiger partial charge in [0, 0.05) is 12.1 Å². The molecule has 0 aliphatic carbocycles. The zero-order valence-corrected chi connectivity index (χ0v) is 15.7. The largest absolute Gasteiger partial charge is 0.496 e. The SMILES string of the molecule is COc1ccccc1Sc1c(-c2c(F)cc(F)cc2F)c(Cl)nc2ncnn12. The zero-order valence-electron chi connectivity index (χ0n) is 14.2. The summed E-state index contributed by atoms with van der Waals surface area (Å²) in [5.41, 5.74) is -0.570. The molecule has 0 fully saturated rings. The monoisotopic (exact) mass is 422 g/mol. The highest BCUT2D eigenvalue weighted by atomic mass is 35.5. The molecule has 5 nitrogen and oxygen atoms in total. The molecule has 28 heavy (non-hydrogen) atoms. The first-order valence-electron chi connectivity index (χ1n) is 7.84. The third-order valence-corrected chi connectivity index (χ3v) is 5.27. The van der Waals surface area contributed by atoms with Crippen molar-refractivity contribution in [2.24, 2.45) is 0 Å². The maximum atomic E-state index is 14.5. The molecule has 0 aliphatic heterocycles. The van der Waals surface area contributed by atoms with E-state index in [1.165, 1.54) is 18.0 Å². The Morgan fingerprint density at radius 3 is 2.50 bits per heavy atom. The number of ether oxygens (including phenoxy) is 1. The first-order chi connectivity index (χ1) is 13.5. The minimum Gasteiger partial charge on any atom is -0.496 e. The molecule has 2 aromatic carbocycles. The van der Waals surface area contributed by atoms with E-state index in [1.807, 2.05) is 0 Å². The molecule has 0 N–H and O–H groups in total. The van der Waals surface area contributed by atoms with Crippen molar-refractivity contribution in [1.82, 2.24) is 19.6 Å². The number of nitrogens with zero attached hydrogens (tertiary/aromatic N) is 4. The fourth-order valence-electron chi connectivity index (χ4n) is 2.69. The number of benzene rings is 2. The number of halogens is 4. The number of hydrogen-bond donors (Lipinski definition) is 0. The molecular formula is C18H10ClF3N4OS. The van der Waals surface area contributed by atoms with Gasteiger partial charge >= 0.3 is 0 Å². The number of fused-ring (bicyclic) bond motifs is 1. The average molecular weight is 423 g/mol. The molecule has 0 amide bonds. The lowest BCUT2D eigenvalue weighted by atomic mass is 10.1. The van der Waals surface area contributed by atoms with Crippen molar-refractivity contribution in [1.29, 1.82) is 0 Å². The fraction of sp³-hybridized carbons (Fsp3) is 0.0556.